The third-order valence-electron chi connectivity index (χ3n) is 8.80. The fourth-order valence-corrected chi connectivity index (χ4v) is 6.54. The second-order valence-electron chi connectivity index (χ2n) is 11.7. The summed E-state index contributed by atoms with van der Waals surface area (Å²) in [4.78, 5) is 24.0. The lowest BCUT2D eigenvalue weighted by Gasteiger charge is -2.33. The number of hydrogen-bond acceptors (Lipinski definition) is 8. The number of nitrogens with zero attached hydrogens (tertiary/aromatic N) is 4. The van der Waals surface area contributed by atoms with Crippen LogP contribution in [0.1, 0.15) is 66.5 Å². The second-order valence-corrected chi connectivity index (χ2v) is 12.1. The molecular formula is C33H34ClFN4O5. The molecule has 0 N–H and O–H groups in total. The lowest BCUT2D eigenvalue weighted by Crippen LogP contribution is -2.35. The lowest BCUT2D eigenvalue weighted by molar-refractivity contribution is -0.0712. The molecule has 44 heavy (non-hydrogen) atoms. The van der Waals surface area contributed by atoms with Crippen LogP contribution >= 0.6 is 11.6 Å². The molecule has 5 heterocycles. The minimum absolute atomic E-state index is 0.149. The van der Waals surface area contributed by atoms with Crippen molar-refractivity contribution in [2.75, 3.05) is 26.3 Å². The maximum absolute atomic E-state index is 14.8. The maximum Gasteiger partial charge on any atom is 0.356 e. The number of esters is 1. The molecule has 0 spiro atoms. The number of para-hydroxylation sites is 1. The summed E-state index contributed by atoms with van der Waals surface area (Å²) in [6.45, 7) is 7.68. The van der Waals surface area contributed by atoms with Crippen LogP contribution in [0.3, 0.4) is 0 Å². The average molecular weight is 621 g/mol. The molecule has 0 unspecified atom stereocenters. The van der Waals surface area contributed by atoms with E-state index in [1.165, 1.54) is 6.07 Å². The van der Waals surface area contributed by atoms with Crippen molar-refractivity contribution in [3.63, 3.8) is 0 Å². The normalized spacial score (nSPS) is 21.9. The fourth-order valence-electron chi connectivity index (χ4n) is 6.39. The Bertz CT molecular complexity index is 1720. The number of ether oxygens (including phenoxy) is 4. The van der Waals surface area contributed by atoms with Gasteiger partial charge in [-0.2, -0.15) is 0 Å². The zero-order valence-electron chi connectivity index (χ0n) is 24.7. The van der Waals surface area contributed by atoms with Crippen molar-refractivity contribution in [2.45, 2.75) is 64.0 Å². The predicted octanol–water partition coefficient (Wildman–Crippen LogP) is 6.21. The Morgan fingerprint density at radius 1 is 1.16 bits per heavy atom. The van der Waals surface area contributed by atoms with Gasteiger partial charge in [0, 0.05) is 24.1 Å². The zero-order chi connectivity index (χ0) is 30.4. The standard InChI is InChI=1S/C33H34ClFN4O5/c1-3-41-32(40)27-16-26-28(17-36-27)39(18-22-11-14-42-22)30(37-26)19-38-12-9-20(10-13-38)23-5-4-6-29-31(23)44-33(2,43-29)24-8-7-21(34)15-25(24)35/h4-8,15-17,20,22H,3,9-14,18-19H2,1-2H3/t22-,33-/m0/s1. The van der Waals surface area contributed by atoms with Crippen molar-refractivity contribution in [1.82, 2.24) is 19.4 Å². The molecule has 2 aromatic heterocycles. The summed E-state index contributed by atoms with van der Waals surface area (Å²) in [5.41, 5.74) is 3.25. The van der Waals surface area contributed by atoms with E-state index in [2.05, 4.69) is 20.5 Å². The molecule has 0 bridgehead atoms. The Balaban J connectivity index is 1.07. The average Bonchev–Trinajstić information content (AvgIpc) is 3.51. The van der Waals surface area contributed by atoms with Crippen LogP contribution in [-0.2, 0) is 28.4 Å². The van der Waals surface area contributed by atoms with Crippen LogP contribution in [0, 0.1) is 5.82 Å². The van der Waals surface area contributed by atoms with Gasteiger partial charge in [-0.3, -0.25) is 4.90 Å². The summed E-state index contributed by atoms with van der Waals surface area (Å²) >= 11 is 5.98. The van der Waals surface area contributed by atoms with Crippen molar-refractivity contribution in [3.05, 3.63) is 82.1 Å². The smallest absolute Gasteiger partial charge is 0.356 e. The van der Waals surface area contributed by atoms with E-state index in [4.69, 9.17) is 35.5 Å². The van der Waals surface area contributed by atoms with Gasteiger partial charge in [-0.1, -0.05) is 23.7 Å². The highest BCUT2D eigenvalue weighted by Crippen LogP contribution is 2.49. The number of hydrogen-bond donors (Lipinski definition) is 0. The molecule has 2 atom stereocenters. The van der Waals surface area contributed by atoms with Crippen LogP contribution < -0.4 is 9.47 Å². The number of fused-ring (bicyclic) bond motifs is 2. The summed E-state index contributed by atoms with van der Waals surface area (Å²) in [6.07, 6.45) is 4.72. The van der Waals surface area contributed by atoms with Gasteiger partial charge in [-0.15, -0.1) is 0 Å². The van der Waals surface area contributed by atoms with Crippen LogP contribution in [0.25, 0.3) is 11.0 Å². The highest BCUT2D eigenvalue weighted by Gasteiger charge is 2.43. The van der Waals surface area contributed by atoms with Gasteiger partial charge in [-0.05, 0) is 75.5 Å². The Morgan fingerprint density at radius 2 is 1.98 bits per heavy atom. The number of imidazole rings is 1. The van der Waals surface area contributed by atoms with E-state index in [1.807, 2.05) is 12.1 Å². The molecule has 3 aliphatic heterocycles. The first-order chi connectivity index (χ1) is 21.3. The molecule has 9 nitrogen and oxygen atoms in total. The van der Waals surface area contributed by atoms with E-state index in [9.17, 15) is 9.18 Å². The van der Waals surface area contributed by atoms with Gasteiger partial charge >= 0.3 is 5.97 Å². The number of aromatic nitrogens is 3. The number of pyridine rings is 1. The number of benzene rings is 2. The number of piperidine rings is 1. The molecule has 11 heteroatoms. The monoisotopic (exact) mass is 620 g/mol. The van der Waals surface area contributed by atoms with Crippen molar-refractivity contribution < 1.29 is 28.1 Å². The molecule has 0 saturated carbocycles. The largest absolute Gasteiger partial charge is 0.461 e. The number of carbonyl (C=O) groups is 1. The molecule has 0 aliphatic carbocycles. The van der Waals surface area contributed by atoms with Gasteiger partial charge in [0.15, 0.2) is 17.2 Å². The number of carbonyl (C=O) groups excluding carboxylic acids is 1. The van der Waals surface area contributed by atoms with E-state index in [0.717, 1.165) is 61.4 Å². The molecule has 0 amide bonds. The molecule has 2 saturated heterocycles. The second kappa shape index (κ2) is 11.6. The van der Waals surface area contributed by atoms with Gasteiger partial charge in [-0.25, -0.2) is 19.2 Å². The topological polar surface area (TPSA) is 87.9 Å². The van der Waals surface area contributed by atoms with Gasteiger partial charge < -0.3 is 23.5 Å². The van der Waals surface area contributed by atoms with Crippen LogP contribution in [0.5, 0.6) is 11.5 Å². The van der Waals surface area contributed by atoms with Gasteiger partial charge in [0.2, 0.25) is 0 Å². The summed E-state index contributed by atoms with van der Waals surface area (Å²) < 4.78 is 40.5. The highest BCUT2D eigenvalue weighted by molar-refractivity contribution is 6.30. The first kappa shape index (κ1) is 29.0. The SMILES string of the molecule is CCOC(=O)c1cc2nc(CN3CCC(c4cccc5c4O[C@@](C)(c4ccc(Cl)cc4F)O5)CC3)n(C[C@@H]3CCO3)c2cn1. The molecule has 7 rings (SSSR count). The lowest BCUT2D eigenvalue weighted by atomic mass is 9.88. The van der Waals surface area contributed by atoms with E-state index in [-0.39, 0.29) is 17.7 Å². The van der Waals surface area contributed by atoms with E-state index >= 15 is 0 Å². The number of halogens is 2. The third-order valence-corrected chi connectivity index (χ3v) is 9.04. The summed E-state index contributed by atoms with van der Waals surface area (Å²) in [5.74, 6) is 0.287. The van der Waals surface area contributed by atoms with Gasteiger partial charge in [0.05, 0.1) is 48.6 Å². The quantitative estimate of drug-likeness (QED) is 0.215. The van der Waals surface area contributed by atoms with E-state index < -0.39 is 17.6 Å². The Hall–Kier alpha value is -3.73. The van der Waals surface area contributed by atoms with Crippen LogP contribution in [-0.4, -0.2) is 57.8 Å². The molecular weight excluding hydrogens is 587 g/mol. The third kappa shape index (κ3) is 5.39. The number of rotatable bonds is 8. The summed E-state index contributed by atoms with van der Waals surface area (Å²) in [7, 11) is 0. The first-order valence-electron chi connectivity index (χ1n) is 15.1. The van der Waals surface area contributed by atoms with Crippen molar-refractivity contribution in [3.8, 4) is 11.5 Å². The van der Waals surface area contributed by atoms with Gasteiger partial charge in [0.1, 0.15) is 11.6 Å². The minimum atomic E-state index is -1.28. The molecule has 4 aromatic rings. The van der Waals surface area contributed by atoms with Crippen LogP contribution in [0.4, 0.5) is 4.39 Å². The number of likely N-dealkylation sites (tertiary alicyclic amines) is 1. The van der Waals surface area contributed by atoms with Crippen LogP contribution in [0.15, 0.2) is 48.7 Å². The van der Waals surface area contributed by atoms with E-state index in [0.29, 0.717) is 41.8 Å². The van der Waals surface area contributed by atoms with E-state index in [1.54, 1.807) is 38.2 Å². The first-order valence-corrected chi connectivity index (χ1v) is 15.5. The minimum Gasteiger partial charge on any atom is -0.461 e. The molecule has 2 aromatic carbocycles. The molecule has 3 aliphatic rings. The predicted molar refractivity (Wildman–Crippen MR) is 162 cm³/mol. The van der Waals surface area contributed by atoms with Crippen LogP contribution in [0.2, 0.25) is 5.02 Å². The van der Waals surface area contributed by atoms with Crippen molar-refractivity contribution >= 4 is 28.6 Å². The highest BCUT2D eigenvalue weighted by atomic mass is 35.5. The summed E-state index contributed by atoms with van der Waals surface area (Å²) in [5, 5.41) is 0.322. The van der Waals surface area contributed by atoms with Crippen molar-refractivity contribution in [1.29, 1.82) is 0 Å². The Morgan fingerprint density at radius 3 is 2.70 bits per heavy atom. The maximum atomic E-state index is 14.8. The Labute approximate surface area is 259 Å². The molecule has 0 radical (unpaired) electrons. The Kier molecular flexibility index (Phi) is 7.68. The fraction of sp³-hybridized carbons (Fsp3) is 0.424. The molecule has 2 fully saturated rings. The van der Waals surface area contributed by atoms with Gasteiger partial charge in [0.25, 0.3) is 5.79 Å². The zero-order valence-corrected chi connectivity index (χ0v) is 25.5. The molecule has 230 valence electrons. The van der Waals surface area contributed by atoms with Crippen molar-refractivity contribution in [2.24, 2.45) is 0 Å². The summed E-state index contributed by atoms with van der Waals surface area (Å²) in [6, 6.07) is 12.2.